The van der Waals surface area contributed by atoms with Crippen molar-refractivity contribution in [3.8, 4) is 29.0 Å². The van der Waals surface area contributed by atoms with Crippen molar-refractivity contribution in [2.45, 2.75) is 0 Å². The average Bonchev–Trinajstić information content (AvgIpc) is 3.52. The summed E-state index contributed by atoms with van der Waals surface area (Å²) in [5, 5.41) is 26.8. The van der Waals surface area contributed by atoms with Gasteiger partial charge in [-0.2, -0.15) is 10.5 Å². The van der Waals surface area contributed by atoms with Gasteiger partial charge in [-0.1, -0.05) is 121 Å². The summed E-state index contributed by atoms with van der Waals surface area (Å²) in [6.45, 7) is 7.70. The molecule has 0 N–H and O–H groups in total. The molecule has 50 heavy (non-hydrogen) atoms. The molecule has 0 spiro atoms. The molecule has 0 unspecified atom stereocenters. The van der Waals surface area contributed by atoms with E-state index in [0.29, 0.717) is 16.8 Å². The number of nitriles is 2. The third-order valence-electron chi connectivity index (χ3n) is 9.62. The molecular weight excluding hydrogens is 625 g/mol. The highest BCUT2D eigenvalue weighted by Crippen LogP contribution is 2.38. The lowest BCUT2D eigenvalue weighted by Crippen LogP contribution is -2.75. The number of benzene rings is 7. The van der Waals surface area contributed by atoms with Gasteiger partial charge in [0, 0.05) is 10.9 Å². The molecule has 4 nitrogen and oxygen atoms in total. The van der Waals surface area contributed by atoms with Crippen LogP contribution in [0.25, 0.3) is 43.5 Å². The van der Waals surface area contributed by atoms with Crippen LogP contribution in [0.3, 0.4) is 0 Å². The van der Waals surface area contributed by atoms with Crippen molar-refractivity contribution in [2.75, 3.05) is 0 Å². The SMILES string of the molecule is [C-]#[N+]c1ccc2c(c1)c1cc(C#N)ccc1n2-c1ccccc1-c1ccc(C#N)cc1[Si](c1ccccc1)(c1ccccc1)c1ccccc1. The van der Waals surface area contributed by atoms with Crippen molar-refractivity contribution in [3.63, 3.8) is 0 Å². The minimum atomic E-state index is -3.04. The molecule has 7 aromatic carbocycles. The first-order valence-electron chi connectivity index (χ1n) is 16.3. The Kier molecular flexibility index (Phi) is 7.63. The minimum absolute atomic E-state index is 0.547. The highest BCUT2D eigenvalue weighted by atomic mass is 28.3. The van der Waals surface area contributed by atoms with Crippen LogP contribution in [0.15, 0.2) is 170 Å². The zero-order valence-electron chi connectivity index (χ0n) is 27.0. The number of para-hydroxylation sites is 1. The van der Waals surface area contributed by atoms with Gasteiger partial charge >= 0.3 is 0 Å². The number of nitrogens with zero attached hydrogens (tertiary/aromatic N) is 4. The van der Waals surface area contributed by atoms with Crippen LogP contribution >= 0.6 is 0 Å². The summed E-state index contributed by atoms with van der Waals surface area (Å²) in [6, 6.07) is 63.0. The highest BCUT2D eigenvalue weighted by Gasteiger charge is 2.43. The monoisotopic (exact) mass is 652 g/mol. The molecule has 232 valence electrons. The van der Waals surface area contributed by atoms with Crippen LogP contribution in [0.1, 0.15) is 11.1 Å². The zero-order chi connectivity index (χ0) is 34.1. The molecule has 0 atom stereocenters. The fourth-order valence-corrected chi connectivity index (χ4v) is 12.5. The van der Waals surface area contributed by atoms with Crippen molar-refractivity contribution in [1.82, 2.24) is 4.57 Å². The molecule has 8 aromatic rings. The van der Waals surface area contributed by atoms with Gasteiger partial charge in [-0.25, -0.2) is 4.85 Å². The normalized spacial score (nSPS) is 11.1. The number of aromatic nitrogens is 1. The van der Waals surface area contributed by atoms with E-state index < -0.39 is 8.07 Å². The second-order valence-corrected chi connectivity index (χ2v) is 16.0. The summed E-state index contributed by atoms with van der Waals surface area (Å²) >= 11 is 0. The van der Waals surface area contributed by atoms with E-state index in [1.165, 1.54) is 15.6 Å². The first-order chi connectivity index (χ1) is 24.7. The smallest absolute Gasteiger partial charge is 0.188 e. The van der Waals surface area contributed by atoms with E-state index in [2.05, 4.69) is 143 Å². The first kappa shape index (κ1) is 30.4. The molecule has 5 heteroatoms. The van der Waals surface area contributed by atoms with E-state index in [0.717, 1.165) is 43.8 Å². The summed E-state index contributed by atoms with van der Waals surface area (Å²) < 4.78 is 2.24. The minimum Gasteiger partial charge on any atom is -0.309 e. The molecule has 0 radical (unpaired) electrons. The summed E-state index contributed by atoms with van der Waals surface area (Å²) in [7, 11) is -3.04. The van der Waals surface area contributed by atoms with E-state index in [1.54, 1.807) is 0 Å². The quantitative estimate of drug-likeness (QED) is 0.104. The number of hydrogen-bond donors (Lipinski definition) is 0. The molecule has 0 bridgehead atoms. The van der Waals surface area contributed by atoms with Gasteiger partial charge in [-0.05, 0) is 80.2 Å². The number of fused-ring (bicyclic) bond motifs is 3. The van der Waals surface area contributed by atoms with Crippen LogP contribution in [0.5, 0.6) is 0 Å². The van der Waals surface area contributed by atoms with E-state index >= 15 is 0 Å². The molecule has 0 aliphatic carbocycles. The third kappa shape index (κ3) is 4.80. The first-order valence-corrected chi connectivity index (χ1v) is 18.3. The predicted octanol–water partition coefficient (Wildman–Crippen LogP) is 8.12. The van der Waals surface area contributed by atoms with E-state index in [1.807, 2.05) is 48.5 Å². The van der Waals surface area contributed by atoms with Gasteiger partial charge < -0.3 is 4.57 Å². The van der Waals surface area contributed by atoms with Crippen molar-refractivity contribution in [1.29, 1.82) is 10.5 Å². The van der Waals surface area contributed by atoms with Gasteiger partial charge in [0.25, 0.3) is 0 Å². The average molecular weight is 653 g/mol. The molecule has 1 aromatic heterocycles. The second kappa shape index (κ2) is 12.6. The Morgan fingerprint density at radius 3 is 1.58 bits per heavy atom. The molecule has 0 saturated heterocycles. The van der Waals surface area contributed by atoms with Crippen molar-refractivity contribution in [3.05, 3.63) is 192 Å². The maximum atomic E-state index is 10.3. The number of hydrogen-bond acceptors (Lipinski definition) is 2. The van der Waals surface area contributed by atoms with Crippen molar-refractivity contribution >= 4 is 56.3 Å². The van der Waals surface area contributed by atoms with Crippen LogP contribution in [-0.2, 0) is 0 Å². The lowest BCUT2D eigenvalue weighted by atomic mass is 10.0. The standard InChI is InChI=1S/C45H28N4Si/c1-48-34-23-26-44-41(29-34)40-27-32(30-46)22-25-43(40)49(44)42-20-12-11-19-38(42)39-24-21-33(31-47)28-45(39)50(35-13-5-2-6-14-35,36-15-7-3-8-16-36)37-17-9-4-10-18-37/h2-29H. The maximum Gasteiger partial charge on any atom is 0.188 e. The summed E-state index contributed by atoms with van der Waals surface area (Å²) in [5.41, 5.74) is 6.64. The zero-order valence-corrected chi connectivity index (χ0v) is 28.0. The summed E-state index contributed by atoms with van der Waals surface area (Å²) in [5.74, 6) is 0. The molecule has 1 heterocycles. The predicted molar refractivity (Wildman–Crippen MR) is 206 cm³/mol. The second-order valence-electron chi connectivity index (χ2n) is 12.2. The summed E-state index contributed by atoms with van der Waals surface area (Å²) in [6.07, 6.45) is 0. The van der Waals surface area contributed by atoms with E-state index in [9.17, 15) is 10.5 Å². The molecule has 0 fully saturated rings. The lowest BCUT2D eigenvalue weighted by molar-refractivity contribution is 1.18. The van der Waals surface area contributed by atoms with Gasteiger partial charge in [0.15, 0.2) is 13.8 Å². The van der Waals surface area contributed by atoms with Gasteiger partial charge in [-0.3, -0.25) is 0 Å². The Morgan fingerprint density at radius 2 is 1.00 bits per heavy atom. The van der Waals surface area contributed by atoms with Gasteiger partial charge in [0.2, 0.25) is 0 Å². The van der Waals surface area contributed by atoms with E-state index in [4.69, 9.17) is 6.57 Å². The van der Waals surface area contributed by atoms with Gasteiger partial charge in [0.05, 0.1) is 46.6 Å². The molecule has 0 saturated carbocycles. The third-order valence-corrected chi connectivity index (χ3v) is 14.4. The molecule has 8 rings (SSSR count). The molecule has 0 aliphatic heterocycles. The van der Waals surface area contributed by atoms with Crippen LogP contribution in [0.4, 0.5) is 5.69 Å². The fraction of sp³-hybridized carbons (Fsp3) is 0. The molecular formula is C45H28N4Si. The molecule has 0 amide bonds. The fourth-order valence-electron chi connectivity index (χ4n) is 7.50. The Hall–Kier alpha value is -6.97. The van der Waals surface area contributed by atoms with Crippen molar-refractivity contribution in [2.24, 2.45) is 0 Å². The number of rotatable bonds is 6. The van der Waals surface area contributed by atoms with Crippen LogP contribution in [0.2, 0.25) is 0 Å². The van der Waals surface area contributed by atoms with Gasteiger partial charge in [-0.15, -0.1) is 0 Å². The Bertz CT molecular complexity index is 2510. The van der Waals surface area contributed by atoms with Crippen molar-refractivity contribution < 1.29 is 0 Å². The lowest BCUT2D eigenvalue weighted by Gasteiger charge is -2.36. The van der Waals surface area contributed by atoms with Crippen LogP contribution in [0, 0.1) is 29.2 Å². The molecule has 0 aliphatic rings. The van der Waals surface area contributed by atoms with E-state index in [-0.39, 0.29) is 0 Å². The van der Waals surface area contributed by atoms with Crippen LogP contribution in [-0.4, -0.2) is 12.6 Å². The summed E-state index contributed by atoms with van der Waals surface area (Å²) in [4.78, 5) is 3.71. The Labute approximate surface area is 291 Å². The maximum absolute atomic E-state index is 10.3. The topological polar surface area (TPSA) is 56.9 Å². The van der Waals surface area contributed by atoms with Crippen LogP contribution < -0.4 is 20.7 Å². The Morgan fingerprint density at radius 1 is 0.500 bits per heavy atom. The Balaban J connectivity index is 1.52. The highest BCUT2D eigenvalue weighted by molar-refractivity contribution is 7.20. The van der Waals surface area contributed by atoms with Gasteiger partial charge in [0.1, 0.15) is 0 Å². The largest absolute Gasteiger partial charge is 0.309 e.